The molecule has 0 radical (unpaired) electrons. The molecule has 2 heterocycles. The first-order valence-electron chi connectivity index (χ1n) is 9.53. The van der Waals surface area contributed by atoms with Crippen molar-refractivity contribution in [1.29, 1.82) is 0 Å². The summed E-state index contributed by atoms with van der Waals surface area (Å²) in [6.45, 7) is 6.42. The van der Waals surface area contributed by atoms with Gasteiger partial charge >= 0.3 is 0 Å². The van der Waals surface area contributed by atoms with Crippen LogP contribution in [0.2, 0.25) is 0 Å². The number of sulfone groups is 1. The van der Waals surface area contributed by atoms with Crippen molar-refractivity contribution < 1.29 is 13.2 Å². The molecule has 1 spiro atoms. The number of nitrogens with zero attached hydrogens (tertiary/aromatic N) is 1. The molecule has 146 valence electrons. The van der Waals surface area contributed by atoms with Crippen molar-refractivity contribution in [2.45, 2.75) is 52.1 Å². The Labute approximate surface area is 161 Å². The van der Waals surface area contributed by atoms with Crippen molar-refractivity contribution in [3.8, 4) is 0 Å². The second-order valence-corrected chi connectivity index (χ2v) is 11.3. The van der Waals surface area contributed by atoms with E-state index in [1.165, 1.54) is 0 Å². The molecule has 1 amide bonds. The van der Waals surface area contributed by atoms with E-state index >= 15 is 0 Å². The van der Waals surface area contributed by atoms with Gasteiger partial charge in [-0.1, -0.05) is 13.8 Å². The Morgan fingerprint density at radius 2 is 2.12 bits per heavy atom. The van der Waals surface area contributed by atoms with Crippen LogP contribution in [-0.2, 0) is 21.2 Å². The highest BCUT2D eigenvalue weighted by Gasteiger charge is 2.57. The summed E-state index contributed by atoms with van der Waals surface area (Å²) in [6, 6.07) is 2.32. The van der Waals surface area contributed by atoms with Crippen LogP contribution >= 0.6 is 11.3 Å². The molecule has 5 nitrogen and oxygen atoms in total. The number of nitrogens with one attached hydrogen (secondary N) is 1. The fourth-order valence-electron chi connectivity index (χ4n) is 4.16. The molecule has 1 unspecified atom stereocenters. The highest BCUT2D eigenvalue weighted by Crippen LogP contribution is 2.56. The predicted octanol–water partition coefficient (Wildman–Crippen LogP) is 2.68. The summed E-state index contributed by atoms with van der Waals surface area (Å²) >= 11 is 1.63. The minimum absolute atomic E-state index is 0.0102. The molecule has 7 heteroatoms. The van der Waals surface area contributed by atoms with Crippen LogP contribution in [0.4, 0.5) is 0 Å². The van der Waals surface area contributed by atoms with E-state index in [0.29, 0.717) is 6.54 Å². The van der Waals surface area contributed by atoms with Gasteiger partial charge in [0.05, 0.1) is 11.5 Å². The predicted molar refractivity (Wildman–Crippen MR) is 106 cm³/mol. The molecule has 3 rings (SSSR count). The van der Waals surface area contributed by atoms with E-state index in [9.17, 15) is 13.2 Å². The third kappa shape index (κ3) is 4.87. The van der Waals surface area contributed by atoms with Gasteiger partial charge in [0.15, 0.2) is 9.84 Å². The zero-order valence-corrected chi connectivity index (χ0v) is 17.4. The van der Waals surface area contributed by atoms with Gasteiger partial charge in [0.2, 0.25) is 5.91 Å². The summed E-state index contributed by atoms with van der Waals surface area (Å²) in [6.07, 6.45) is 3.38. The topological polar surface area (TPSA) is 66.5 Å². The number of rotatable bonds is 8. The maximum Gasteiger partial charge on any atom is 0.224 e. The smallest absolute Gasteiger partial charge is 0.224 e. The van der Waals surface area contributed by atoms with Gasteiger partial charge < -0.3 is 10.2 Å². The quantitative estimate of drug-likeness (QED) is 0.731. The average Bonchev–Trinajstić information content (AvgIpc) is 3.01. The molecule has 1 aromatic rings. The van der Waals surface area contributed by atoms with Gasteiger partial charge in [0.25, 0.3) is 0 Å². The van der Waals surface area contributed by atoms with Crippen LogP contribution in [0.5, 0.6) is 0 Å². The summed E-state index contributed by atoms with van der Waals surface area (Å²) in [4.78, 5) is 14.9. The third-order valence-corrected chi connectivity index (χ3v) is 8.32. The van der Waals surface area contributed by atoms with Crippen LogP contribution in [0.3, 0.4) is 0 Å². The van der Waals surface area contributed by atoms with Gasteiger partial charge in [-0.3, -0.25) is 4.79 Å². The highest BCUT2D eigenvalue weighted by atomic mass is 32.2. The second kappa shape index (κ2) is 7.98. The lowest BCUT2D eigenvalue weighted by Gasteiger charge is -2.29. The van der Waals surface area contributed by atoms with E-state index in [0.717, 1.165) is 37.9 Å². The normalized spacial score (nSPS) is 21.9. The molecule has 1 N–H and O–H groups in total. The molecular formula is C19H30N2O3S2. The first kappa shape index (κ1) is 19.8. The molecular weight excluding hydrogens is 368 g/mol. The van der Waals surface area contributed by atoms with E-state index in [4.69, 9.17) is 0 Å². The van der Waals surface area contributed by atoms with Crippen LogP contribution in [0, 0.1) is 11.3 Å². The SMILES string of the molecule is CC(C)CS(=O)(=O)CCC(=O)N(Cc1ccsc1)C1CC12CCNCC2. The summed E-state index contributed by atoms with van der Waals surface area (Å²) in [5.41, 5.74) is 1.40. The van der Waals surface area contributed by atoms with E-state index in [1.54, 1.807) is 11.3 Å². The molecule has 2 aliphatic rings. The Kier molecular flexibility index (Phi) is 6.09. The number of amides is 1. The standard InChI is InChI=1S/C19H30N2O3S2/c1-15(2)14-26(23,24)10-4-18(22)21(12-16-3-9-25-13-16)17-11-19(17)5-7-20-8-6-19/h3,9,13,15,17,20H,4-8,10-12,14H2,1-2H3. The number of hydrogen-bond donors (Lipinski definition) is 1. The van der Waals surface area contributed by atoms with Gasteiger partial charge in [-0.15, -0.1) is 0 Å². The van der Waals surface area contributed by atoms with Crippen molar-refractivity contribution in [2.24, 2.45) is 11.3 Å². The van der Waals surface area contributed by atoms with Crippen LogP contribution < -0.4 is 5.32 Å². The monoisotopic (exact) mass is 398 g/mol. The van der Waals surface area contributed by atoms with Crippen molar-refractivity contribution in [1.82, 2.24) is 10.2 Å². The third-order valence-electron chi connectivity index (χ3n) is 5.59. The lowest BCUT2D eigenvalue weighted by molar-refractivity contribution is -0.132. The molecule has 1 atom stereocenters. The Morgan fingerprint density at radius 3 is 2.73 bits per heavy atom. The van der Waals surface area contributed by atoms with Crippen LogP contribution in [0.1, 0.15) is 45.1 Å². The van der Waals surface area contributed by atoms with E-state index < -0.39 is 9.84 Å². The average molecular weight is 399 g/mol. The van der Waals surface area contributed by atoms with Crippen molar-refractivity contribution in [3.63, 3.8) is 0 Å². The largest absolute Gasteiger partial charge is 0.335 e. The molecule has 1 aliphatic carbocycles. The van der Waals surface area contributed by atoms with Gasteiger partial charge in [0.1, 0.15) is 0 Å². The fourth-order valence-corrected chi connectivity index (χ4v) is 6.49. The number of carbonyl (C=O) groups excluding carboxylic acids is 1. The van der Waals surface area contributed by atoms with Crippen molar-refractivity contribution >= 4 is 27.1 Å². The van der Waals surface area contributed by atoms with Crippen molar-refractivity contribution in [2.75, 3.05) is 24.6 Å². The molecule has 2 fully saturated rings. The summed E-state index contributed by atoms with van der Waals surface area (Å²) in [7, 11) is -3.17. The Morgan fingerprint density at radius 1 is 1.38 bits per heavy atom. The Hall–Kier alpha value is -0.920. The minimum Gasteiger partial charge on any atom is -0.335 e. The van der Waals surface area contributed by atoms with Gasteiger partial charge in [0, 0.05) is 19.0 Å². The molecule has 0 aromatic carbocycles. The lowest BCUT2D eigenvalue weighted by atomic mass is 9.93. The van der Waals surface area contributed by atoms with Crippen molar-refractivity contribution in [3.05, 3.63) is 22.4 Å². The second-order valence-electron chi connectivity index (χ2n) is 8.24. The van der Waals surface area contributed by atoms with E-state index in [-0.39, 0.29) is 41.2 Å². The maximum absolute atomic E-state index is 13.0. The van der Waals surface area contributed by atoms with Gasteiger partial charge in [-0.2, -0.15) is 11.3 Å². The summed E-state index contributed by atoms with van der Waals surface area (Å²) in [5, 5.41) is 7.50. The zero-order chi connectivity index (χ0) is 18.8. The fraction of sp³-hybridized carbons (Fsp3) is 0.737. The molecule has 0 bridgehead atoms. The van der Waals surface area contributed by atoms with Crippen LogP contribution in [-0.4, -0.2) is 49.9 Å². The number of carbonyl (C=O) groups is 1. The molecule has 1 saturated carbocycles. The van der Waals surface area contributed by atoms with E-state index in [2.05, 4.69) is 16.8 Å². The number of hydrogen-bond acceptors (Lipinski definition) is 5. The van der Waals surface area contributed by atoms with Gasteiger partial charge in [-0.05, 0) is 66.1 Å². The Balaban J connectivity index is 1.66. The molecule has 1 saturated heterocycles. The highest BCUT2D eigenvalue weighted by molar-refractivity contribution is 7.91. The summed E-state index contributed by atoms with van der Waals surface area (Å²) in [5.74, 6) is 0.206. The van der Waals surface area contributed by atoms with Crippen LogP contribution in [0.25, 0.3) is 0 Å². The van der Waals surface area contributed by atoms with E-state index in [1.807, 2.05) is 24.1 Å². The first-order valence-corrected chi connectivity index (χ1v) is 12.3. The number of thiophene rings is 1. The zero-order valence-electron chi connectivity index (χ0n) is 15.7. The number of piperidine rings is 1. The lowest BCUT2D eigenvalue weighted by Crippen LogP contribution is -2.39. The Bertz CT molecular complexity index is 707. The molecule has 1 aromatic heterocycles. The summed E-state index contributed by atoms with van der Waals surface area (Å²) < 4.78 is 24.4. The minimum atomic E-state index is -3.17. The molecule has 1 aliphatic heterocycles. The van der Waals surface area contributed by atoms with Gasteiger partial charge in [-0.25, -0.2) is 8.42 Å². The maximum atomic E-state index is 13.0. The van der Waals surface area contributed by atoms with Crippen LogP contribution in [0.15, 0.2) is 16.8 Å². The first-order chi connectivity index (χ1) is 12.3. The molecule has 26 heavy (non-hydrogen) atoms.